The highest BCUT2D eigenvalue weighted by Gasteiger charge is 2.06. The van der Waals surface area contributed by atoms with Gasteiger partial charge in [-0.15, -0.1) is 0 Å². The van der Waals surface area contributed by atoms with E-state index >= 15 is 0 Å². The van der Waals surface area contributed by atoms with E-state index in [2.05, 4.69) is 29.7 Å². The van der Waals surface area contributed by atoms with E-state index in [1.165, 1.54) is 0 Å². The summed E-state index contributed by atoms with van der Waals surface area (Å²) in [5.74, 6) is 1.89. The van der Waals surface area contributed by atoms with E-state index in [1.54, 1.807) is 13.3 Å². The number of nitrogens with one attached hydrogen (secondary N) is 2. The van der Waals surface area contributed by atoms with Gasteiger partial charge in [0, 0.05) is 6.54 Å². The average molecular weight is 309 g/mol. The number of nitrogens with zero attached hydrogens (tertiary/aromatic N) is 1. The Kier molecular flexibility index (Phi) is 7.53. The van der Waals surface area contributed by atoms with Gasteiger partial charge in [-0.25, -0.2) is 0 Å². The van der Waals surface area contributed by atoms with E-state index in [0.717, 1.165) is 17.9 Å². The maximum atomic E-state index is 5.70. The third-order valence-electron chi connectivity index (χ3n) is 2.48. The lowest BCUT2D eigenvalue weighted by Gasteiger charge is -2.12. The molecule has 0 amide bonds. The zero-order valence-corrected chi connectivity index (χ0v) is 13.8. The van der Waals surface area contributed by atoms with Crippen molar-refractivity contribution in [3.8, 4) is 11.5 Å². The number of benzene rings is 1. The van der Waals surface area contributed by atoms with Gasteiger partial charge in [-0.05, 0) is 48.8 Å². The molecule has 0 unspecified atom stereocenters. The number of methoxy groups -OCH3 is 1. The number of rotatable bonds is 7. The van der Waals surface area contributed by atoms with Crippen LogP contribution in [0, 0.1) is 5.92 Å². The number of hydrazone groups is 1. The molecule has 6 heteroatoms. The van der Waals surface area contributed by atoms with Crippen molar-refractivity contribution in [1.82, 2.24) is 10.7 Å². The van der Waals surface area contributed by atoms with Crippen LogP contribution in [0.1, 0.15) is 26.3 Å². The van der Waals surface area contributed by atoms with Gasteiger partial charge < -0.3 is 14.8 Å². The SMILES string of the molecule is CCNC(=S)N/N=C\c1ccc(OCC(C)C)c(OC)c1. The molecule has 5 nitrogen and oxygen atoms in total. The lowest BCUT2D eigenvalue weighted by atomic mass is 10.2. The molecule has 0 fully saturated rings. The van der Waals surface area contributed by atoms with Crippen LogP contribution in [0.4, 0.5) is 0 Å². The summed E-state index contributed by atoms with van der Waals surface area (Å²) in [7, 11) is 1.62. The van der Waals surface area contributed by atoms with E-state index in [-0.39, 0.29) is 0 Å². The summed E-state index contributed by atoms with van der Waals surface area (Å²) in [6, 6.07) is 5.67. The Balaban J connectivity index is 2.68. The lowest BCUT2D eigenvalue weighted by molar-refractivity contribution is 0.257. The molecule has 21 heavy (non-hydrogen) atoms. The normalized spacial score (nSPS) is 10.7. The van der Waals surface area contributed by atoms with Crippen LogP contribution in [0.25, 0.3) is 0 Å². The molecule has 1 aromatic carbocycles. The largest absolute Gasteiger partial charge is 0.493 e. The van der Waals surface area contributed by atoms with E-state index in [4.69, 9.17) is 21.7 Å². The molecule has 0 radical (unpaired) electrons. The van der Waals surface area contributed by atoms with Gasteiger partial charge >= 0.3 is 0 Å². The van der Waals surface area contributed by atoms with Gasteiger partial charge in [0.15, 0.2) is 16.6 Å². The van der Waals surface area contributed by atoms with Gasteiger partial charge in [0.05, 0.1) is 19.9 Å². The van der Waals surface area contributed by atoms with Crippen LogP contribution in [0.2, 0.25) is 0 Å². The minimum absolute atomic E-state index is 0.465. The van der Waals surface area contributed by atoms with Crippen LogP contribution >= 0.6 is 12.2 Å². The topological polar surface area (TPSA) is 54.9 Å². The predicted molar refractivity (Wildman–Crippen MR) is 90.3 cm³/mol. The number of ether oxygens (including phenoxy) is 2. The molecular formula is C15H23N3O2S. The maximum absolute atomic E-state index is 5.70. The summed E-state index contributed by atoms with van der Waals surface area (Å²) in [6.07, 6.45) is 1.68. The van der Waals surface area contributed by atoms with E-state index in [1.807, 2.05) is 25.1 Å². The zero-order chi connectivity index (χ0) is 15.7. The van der Waals surface area contributed by atoms with Crippen LogP contribution in [-0.4, -0.2) is 31.6 Å². The van der Waals surface area contributed by atoms with E-state index in [0.29, 0.717) is 23.4 Å². The van der Waals surface area contributed by atoms with Crippen molar-refractivity contribution >= 4 is 23.5 Å². The van der Waals surface area contributed by atoms with Crippen LogP contribution in [0.3, 0.4) is 0 Å². The fourth-order valence-electron chi connectivity index (χ4n) is 1.51. The molecular weight excluding hydrogens is 286 g/mol. The van der Waals surface area contributed by atoms with Gasteiger partial charge in [0.1, 0.15) is 0 Å². The maximum Gasteiger partial charge on any atom is 0.186 e. The fourth-order valence-corrected chi connectivity index (χ4v) is 1.70. The summed E-state index contributed by atoms with van der Waals surface area (Å²) in [5.41, 5.74) is 3.64. The first kappa shape index (κ1) is 17.2. The molecule has 0 heterocycles. The lowest BCUT2D eigenvalue weighted by Crippen LogP contribution is -2.31. The van der Waals surface area contributed by atoms with E-state index in [9.17, 15) is 0 Å². The molecule has 0 spiro atoms. The van der Waals surface area contributed by atoms with Crippen LogP contribution < -0.4 is 20.2 Å². The van der Waals surface area contributed by atoms with Gasteiger partial charge in [0.2, 0.25) is 0 Å². The second-order valence-electron chi connectivity index (χ2n) is 4.84. The van der Waals surface area contributed by atoms with Crippen molar-refractivity contribution in [3.05, 3.63) is 23.8 Å². The molecule has 0 atom stereocenters. The molecule has 0 aliphatic rings. The Morgan fingerprint density at radius 2 is 2.14 bits per heavy atom. The molecule has 116 valence electrons. The fraction of sp³-hybridized carbons (Fsp3) is 0.467. The molecule has 0 aliphatic heterocycles. The predicted octanol–water partition coefficient (Wildman–Crippen LogP) is 2.55. The summed E-state index contributed by atoms with van der Waals surface area (Å²) in [4.78, 5) is 0. The first-order valence-electron chi connectivity index (χ1n) is 6.94. The Morgan fingerprint density at radius 1 is 1.38 bits per heavy atom. The molecule has 1 aromatic rings. The highest BCUT2D eigenvalue weighted by atomic mass is 32.1. The Morgan fingerprint density at radius 3 is 2.76 bits per heavy atom. The molecule has 2 N–H and O–H groups in total. The smallest absolute Gasteiger partial charge is 0.186 e. The average Bonchev–Trinajstić information content (AvgIpc) is 2.45. The molecule has 0 saturated heterocycles. The van der Waals surface area contributed by atoms with Crippen LogP contribution in [-0.2, 0) is 0 Å². The van der Waals surface area contributed by atoms with Gasteiger partial charge in [-0.2, -0.15) is 5.10 Å². The second-order valence-corrected chi connectivity index (χ2v) is 5.25. The zero-order valence-electron chi connectivity index (χ0n) is 13.0. The number of thiocarbonyl (C=S) groups is 1. The third-order valence-corrected chi connectivity index (χ3v) is 2.71. The Bertz CT molecular complexity index is 490. The highest BCUT2D eigenvalue weighted by Crippen LogP contribution is 2.27. The second kappa shape index (κ2) is 9.18. The molecule has 0 saturated carbocycles. The first-order chi connectivity index (χ1) is 10.1. The van der Waals surface area contributed by atoms with E-state index < -0.39 is 0 Å². The number of hydrogen-bond donors (Lipinski definition) is 2. The monoisotopic (exact) mass is 309 g/mol. The van der Waals surface area contributed by atoms with Crippen molar-refractivity contribution < 1.29 is 9.47 Å². The first-order valence-corrected chi connectivity index (χ1v) is 7.35. The van der Waals surface area contributed by atoms with Crippen molar-refractivity contribution in [2.75, 3.05) is 20.3 Å². The molecule has 0 aromatic heterocycles. The minimum atomic E-state index is 0.465. The summed E-state index contributed by atoms with van der Waals surface area (Å²) < 4.78 is 11.0. The van der Waals surface area contributed by atoms with Gasteiger partial charge in [-0.3, -0.25) is 5.43 Å². The van der Waals surface area contributed by atoms with Crippen molar-refractivity contribution in [2.24, 2.45) is 11.0 Å². The Labute approximate surface area is 131 Å². The third kappa shape index (κ3) is 6.44. The minimum Gasteiger partial charge on any atom is -0.493 e. The Hall–Kier alpha value is -1.82. The quantitative estimate of drug-likeness (QED) is 0.460. The standard InChI is InChI=1S/C15H23N3O2S/c1-5-16-15(21)18-17-9-12-6-7-13(14(8-12)19-4)20-10-11(2)3/h6-9,11H,5,10H2,1-4H3,(H2,16,18,21)/b17-9-. The van der Waals surface area contributed by atoms with Crippen molar-refractivity contribution in [1.29, 1.82) is 0 Å². The van der Waals surface area contributed by atoms with Crippen LogP contribution in [0.5, 0.6) is 11.5 Å². The molecule has 1 rings (SSSR count). The summed E-state index contributed by atoms with van der Waals surface area (Å²) in [5, 5.41) is 7.51. The molecule has 0 bridgehead atoms. The number of hydrogen-bond acceptors (Lipinski definition) is 4. The van der Waals surface area contributed by atoms with Gasteiger partial charge in [-0.1, -0.05) is 13.8 Å². The van der Waals surface area contributed by atoms with Crippen molar-refractivity contribution in [2.45, 2.75) is 20.8 Å². The van der Waals surface area contributed by atoms with Crippen LogP contribution in [0.15, 0.2) is 23.3 Å². The molecule has 0 aliphatic carbocycles. The van der Waals surface area contributed by atoms with Gasteiger partial charge in [0.25, 0.3) is 0 Å². The highest BCUT2D eigenvalue weighted by molar-refractivity contribution is 7.80. The van der Waals surface area contributed by atoms with Crippen molar-refractivity contribution in [3.63, 3.8) is 0 Å². The summed E-state index contributed by atoms with van der Waals surface area (Å²) >= 11 is 5.02. The summed E-state index contributed by atoms with van der Waals surface area (Å²) in [6.45, 7) is 7.59.